The average molecular weight is 287 g/mol. The van der Waals surface area contributed by atoms with E-state index in [0.717, 1.165) is 11.5 Å². The van der Waals surface area contributed by atoms with Gasteiger partial charge in [-0.15, -0.1) is 0 Å². The van der Waals surface area contributed by atoms with E-state index in [0.29, 0.717) is 26.3 Å². The molecule has 0 aliphatic carbocycles. The third-order valence-corrected chi connectivity index (χ3v) is 3.26. The van der Waals surface area contributed by atoms with Gasteiger partial charge in [0.15, 0.2) is 0 Å². The van der Waals surface area contributed by atoms with Crippen LogP contribution in [0.3, 0.4) is 0 Å². The Bertz CT molecular complexity index is 473. The van der Waals surface area contributed by atoms with Crippen molar-refractivity contribution in [2.75, 3.05) is 38.3 Å². The Labute approximate surface area is 114 Å². The molecule has 1 aromatic carbocycles. The maximum absolute atomic E-state index is 10.9. The summed E-state index contributed by atoms with van der Waals surface area (Å²) in [6.45, 7) is 4.09. The van der Waals surface area contributed by atoms with Gasteiger partial charge < -0.3 is 14.8 Å². The average Bonchev–Trinajstić information content (AvgIpc) is 2.33. The molecule has 0 bridgehead atoms. The first-order valence-corrected chi connectivity index (χ1v) is 8.31. The molecule has 1 rings (SSSR count). The second-order valence-corrected chi connectivity index (χ2v) is 6.40. The van der Waals surface area contributed by atoms with Crippen molar-refractivity contribution in [3.63, 3.8) is 0 Å². The van der Waals surface area contributed by atoms with Crippen molar-refractivity contribution in [2.45, 2.75) is 6.92 Å². The van der Waals surface area contributed by atoms with Crippen molar-refractivity contribution in [1.29, 1.82) is 0 Å². The second-order valence-electron chi connectivity index (χ2n) is 4.14. The van der Waals surface area contributed by atoms with Gasteiger partial charge in [0, 0.05) is 25.4 Å². The maximum Gasteiger partial charge on any atom is 0.148 e. The molecular weight excluding hydrogens is 266 g/mol. The van der Waals surface area contributed by atoms with Crippen LogP contribution in [0.4, 0.5) is 0 Å². The fourth-order valence-corrected chi connectivity index (χ4v) is 1.96. The zero-order valence-electron chi connectivity index (χ0n) is 11.4. The van der Waals surface area contributed by atoms with Gasteiger partial charge in [-0.3, -0.25) is 0 Å². The Morgan fingerprint density at radius 3 is 2.47 bits per heavy atom. The van der Waals surface area contributed by atoms with E-state index in [4.69, 9.17) is 9.47 Å². The Morgan fingerprint density at radius 1 is 1.16 bits per heavy atom. The zero-order chi connectivity index (χ0) is 14.1. The summed E-state index contributed by atoms with van der Waals surface area (Å²) < 4.78 is 32.7. The van der Waals surface area contributed by atoms with Gasteiger partial charge in [-0.25, -0.2) is 8.42 Å². The summed E-state index contributed by atoms with van der Waals surface area (Å²) in [7, 11) is -2.90. The lowest BCUT2D eigenvalue weighted by Crippen LogP contribution is -2.26. The zero-order valence-corrected chi connectivity index (χ0v) is 12.2. The first kappa shape index (κ1) is 15.8. The van der Waals surface area contributed by atoms with Gasteiger partial charge in [0.05, 0.1) is 12.4 Å². The summed E-state index contributed by atoms with van der Waals surface area (Å²) >= 11 is 0. The van der Waals surface area contributed by atoms with Crippen LogP contribution in [0.25, 0.3) is 0 Å². The largest absolute Gasteiger partial charge is 0.494 e. The quantitative estimate of drug-likeness (QED) is 0.689. The fourth-order valence-electron chi connectivity index (χ4n) is 1.44. The van der Waals surface area contributed by atoms with E-state index in [1.807, 2.05) is 31.2 Å². The van der Waals surface area contributed by atoms with Crippen LogP contribution in [0.2, 0.25) is 0 Å². The Balaban J connectivity index is 2.20. The molecule has 0 aliphatic heterocycles. The Hall–Kier alpha value is -1.27. The lowest BCUT2D eigenvalue weighted by Gasteiger charge is -2.09. The van der Waals surface area contributed by atoms with Gasteiger partial charge in [0.1, 0.15) is 27.9 Å². The molecule has 19 heavy (non-hydrogen) atoms. The van der Waals surface area contributed by atoms with E-state index in [2.05, 4.69) is 5.32 Å². The number of rotatable bonds is 9. The van der Waals surface area contributed by atoms with E-state index >= 15 is 0 Å². The lowest BCUT2D eigenvalue weighted by atomic mass is 10.3. The molecule has 1 N–H and O–H groups in total. The number of hydrogen-bond donors (Lipinski definition) is 1. The van der Waals surface area contributed by atoms with Crippen molar-refractivity contribution < 1.29 is 17.9 Å². The first-order chi connectivity index (χ1) is 9.01. The minimum Gasteiger partial charge on any atom is -0.494 e. The highest BCUT2D eigenvalue weighted by molar-refractivity contribution is 7.90. The molecule has 0 fully saturated rings. The predicted octanol–water partition coefficient (Wildman–Crippen LogP) is 1.10. The highest BCUT2D eigenvalue weighted by Crippen LogP contribution is 2.18. The molecule has 0 saturated carbocycles. The van der Waals surface area contributed by atoms with Gasteiger partial charge in [-0.05, 0) is 19.1 Å². The summed E-state index contributed by atoms with van der Waals surface area (Å²) in [5, 5.41) is 3.02. The van der Waals surface area contributed by atoms with Gasteiger partial charge in [0.2, 0.25) is 0 Å². The molecule has 0 heterocycles. The van der Waals surface area contributed by atoms with Crippen LogP contribution in [0, 0.1) is 0 Å². The topological polar surface area (TPSA) is 64.6 Å². The van der Waals surface area contributed by atoms with Gasteiger partial charge >= 0.3 is 0 Å². The number of hydrogen-bond acceptors (Lipinski definition) is 5. The molecule has 108 valence electrons. The summed E-state index contributed by atoms with van der Waals surface area (Å²) in [6.07, 6.45) is 1.23. The van der Waals surface area contributed by atoms with Crippen LogP contribution in [-0.2, 0) is 9.84 Å². The van der Waals surface area contributed by atoms with Gasteiger partial charge in [-0.1, -0.05) is 6.07 Å². The van der Waals surface area contributed by atoms with Gasteiger partial charge in [0.25, 0.3) is 0 Å². The van der Waals surface area contributed by atoms with E-state index in [1.54, 1.807) is 0 Å². The third kappa shape index (κ3) is 7.69. The summed E-state index contributed by atoms with van der Waals surface area (Å²) in [5.74, 6) is 1.67. The molecule has 0 radical (unpaired) electrons. The van der Waals surface area contributed by atoms with Crippen molar-refractivity contribution in [3.8, 4) is 11.5 Å². The monoisotopic (exact) mass is 287 g/mol. The molecule has 0 spiro atoms. The third-order valence-electron chi connectivity index (χ3n) is 2.31. The van der Waals surface area contributed by atoms with Crippen LogP contribution >= 0.6 is 0 Å². The minimum atomic E-state index is -2.90. The van der Waals surface area contributed by atoms with Crippen molar-refractivity contribution in [2.24, 2.45) is 0 Å². The predicted molar refractivity (Wildman–Crippen MR) is 75.7 cm³/mol. The number of ether oxygens (including phenoxy) is 2. The standard InChI is InChI=1S/C13H21NO4S/c1-3-17-12-5-4-6-13(11-12)18-9-7-14-8-10-19(2,15)16/h4-6,11,14H,3,7-10H2,1-2H3. The fraction of sp³-hybridized carbons (Fsp3) is 0.538. The van der Waals surface area contributed by atoms with Gasteiger partial charge in [-0.2, -0.15) is 0 Å². The molecule has 0 aromatic heterocycles. The highest BCUT2D eigenvalue weighted by atomic mass is 32.2. The normalized spacial score (nSPS) is 11.3. The summed E-state index contributed by atoms with van der Waals surface area (Å²) in [6, 6.07) is 7.44. The van der Waals surface area contributed by atoms with Crippen molar-refractivity contribution in [1.82, 2.24) is 5.32 Å². The number of benzene rings is 1. The van der Waals surface area contributed by atoms with Crippen LogP contribution in [0.15, 0.2) is 24.3 Å². The molecule has 0 atom stereocenters. The summed E-state index contributed by atoms with van der Waals surface area (Å²) in [4.78, 5) is 0. The van der Waals surface area contributed by atoms with E-state index in [-0.39, 0.29) is 5.75 Å². The van der Waals surface area contributed by atoms with E-state index in [9.17, 15) is 8.42 Å². The number of sulfone groups is 1. The number of nitrogens with one attached hydrogen (secondary N) is 1. The van der Waals surface area contributed by atoms with Crippen molar-refractivity contribution in [3.05, 3.63) is 24.3 Å². The SMILES string of the molecule is CCOc1cccc(OCCNCCS(C)(=O)=O)c1. The smallest absolute Gasteiger partial charge is 0.148 e. The molecule has 0 amide bonds. The molecule has 5 nitrogen and oxygen atoms in total. The van der Waals surface area contributed by atoms with Crippen LogP contribution < -0.4 is 14.8 Å². The molecular formula is C13H21NO4S. The van der Waals surface area contributed by atoms with Crippen LogP contribution in [0.5, 0.6) is 11.5 Å². The van der Waals surface area contributed by atoms with Crippen LogP contribution in [0.1, 0.15) is 6.92 Å². The lowest BCUT2D eigenvalue weighted by molar-refractivity contribution is 0.307. The van der Waals surface area contributed by atoms with Crippen molar-refractivity contribution >= 4 is 9.84 Å². The minimum absolute atomic E-state index is 0.146. The molecule has 6 heteroatoms. The van der Waals surface area contributed by atoms with Crippen LogP contribution in [-0.4, -0.2) is 46.7 Å². The van der Waals surface area contributed by atoms with E-state index in [1.165, 1.54) is 6.26 Å². The molecule has 0 saturated heterocycles. The molecule has 0 unspecified atom stereocenters. The maximum atomic E-state index is 10.9. The molecule has 0 aliphatic rings. The Morgan fingerprint density at radius 2 is 1.84 bits per heavy atom. The Kier molecular flexibility index (Phi) is 6.66. The highest BCUT2D eigenvalue weighted by Gasteiger charge is 2.01. The first-order valence-electron chi connectivity index (χ1n) is 6.25. The molecule has 1 aromatic rings. The second kappa shape index (κ2) is 8.01. The summed E-state index contributed by atoms with van der Waals surface area (Å²) in [5.41, 5.74) is 0. The van der Waals surface area contributed by atoms with E-state index < -0.39 is 9.84 Å².